The Morgan fingerprint density at radius 3 is 2.47 bits per heavy atom. The van der Waals surface area contributed by atoms with Gasteiger partial charge in [0.1, 0.15) is 5.75 Å². The van der Waals surface area contributed by atoms with Crippen LogP contribution in [0.2, 0.25) is 0 Å². The summed E-state index contributed by atoms with van der Waals surface area (Å²) in [4.78, 5) is 4.30. The molecule has 1 aromatic rings. The second-order valence-electron chi connectivity index (χ2n) is 5.87. The molecule has 5 heteroatoms. The van der Waals surface area contributed by atoms with Gasteiger partial charge >= 0.3 is 0 Å². The smallest absolute Gasteiger partial charge is 0.205 e. The molecule has 0 radical (unpaired) electrons. The van der Waals surface area contributed by atoms with Gasteiger partial charge in [0.05, 0.1) is 31.2 Å². The lowest BCUT2D eigenvalue weighted by Gasteiger charge is -2.36. The van der Waals surface area contributed by atoms with Crippen molar-refractivity contribution in [2.24, 2.45) is 5.41 Å². The Labute approximate surface area is 113 Å². The summed E-state index contributed by atoms with van der Waals surface area (Å²) in [5, 5.41) is 18.8. The van der Waals surface area contributed by atoms with Crippen LogP contribution in [0.3, 0.4) is 0 Å². The van der Waals surface area contributed by atoms with Crippen molar-refractivity contribution in [2.45, 2.75) is 53.8 Å². The standard InChI is InChI=1S/C14H21NO4/c1-8-12-10(9(5-16)11(6-17)15-8)7-18-13(19-12)14(2,3)4/h13,16-17H,5-7H2,1-4H3. The van der Waals surface area contributed by atoms with Gasteiger partial charge in [0.15, 0.2) is 0 Å². The van der Waals surface area contributed by atoms with Gasteiger partial charge in [-0.15, -0.1) is 0 Å². The van der Waals surface area contributed by atoms with Crippen LogP contribution in [-0.4, -0.2) is 21.5 Å². The highest BCUT2D eigenvalue weighted by Gasteiger charge is 2.34. The van der Waals surface area contributed by atoms with E-state index in [1.807, 2.05) is 27.7 Å². The molecule has 1 aliphatic rings. The molecule has 1 aromatic heterocycles. The number of aryl methyl sites for hydroxylation is 1. The first-order chi connectivity index (χ1) is 8.88. The van der Waals surface area contributed by atoms with Crippen molar-refractivity contribution in [1.29, 1.82) is 0 Å². The van der Waals surface area contributed by atoms with Gasteiger partial charge in [-0.25, -0.2) is 0 Å². The van der Waals surface area contributed by atoms with Gasteiger partial charge in [0, 0.05) is 16.5 Å². The fourth-order valence-corrected chi connectivity index (χ4v) is 2.20. The molecule has 0 fully saturated rings. The van der Waals surface area contributed by atoms with Crippen LogP contribution >= 0.6 is 0 Å². The van der Waals surface area contributed by atoms with Gasteiger partial charge in [-0.2, -0.15) is 0 Å². The molecule has 0 saturated heterocycles. The van der Waals surface area contributed by atoms with Crippen molar-refractivity contribution in [2.75, 3.05) is 0 Å². The summed E-state index contributed by atoms with van der Waals surface area (Å²) in [6.45, 7) is 7.94. The third-order valence-electron chi connectivity index (χ3n) is 3.24. The summed E-state index contributed by atoms with van der Waals surface area (Å²) in [7, 11) is 0. The van der Waals surface area contributed by atoms with E-state index < -0.39 is 0 Å². The molecule has 0 spiro atoms. The van der Waals surface area contributed by atoms with E-state index in [-0.39, 0.29) is 24.9 Å². The molecule has 0 aliphatic carbocycles. The number of aliphatic hydroxyl groups excluding tert-OH is 2. The molecule has 2 heterocycles. The summed E-state index contributed by atoms with van der Waals surface area (Å²) in [6, 6.07) is 0. The molecule has 2 rings (SSSR count). The summed E-state index contributed by atoms with van der Waals surface area (Å²) < 4.78 is 11.6. The van der Waals surface area contributed by atoms with Gasteiger partial charge in [-0.3, -0.25) is 4.98 Å². The van der Waals surface area contributed by atoms with E-state index in [4.69, 9.17) is 9.47 Å². The van der Waals surface area contributed by atoms with Gasteiger partial charge in [0.2, 0.25) is 6.29 Å². The maximum atomic E-state index is 9.46. The lowest BCUT2D eigenvalue weighted by molar-refractivity contribution is -0.164. The molecule has 2 N–H and O–H groups in total. The first kappa shape index (κ1) is 14.2. The minimum Gasteiger partial charge on any atom is -0.462 e. The van der Waals surface area contributed by atoms with Crippen molar-refractivity contribution in [1.82, 2.24) is 4.98 Å². The van der Waals surface area contributed by atoms with E-state index in [9.17, 15) is 10.2 Å². The van der Waals surface area contributed by atoms with E-state index in [1.165, 1.54) is 0 Å². The number of aromatic nitrogens is 1. The highest BCUT2D eigenvalue weighted by molar-refractivity contribution is 5.45. The van der Waals surface area contributed by atoms with Gasteiger partial charge in [0.25, 0.3) is 0 Å². The van der Waals surface area contributed by atoms with Crippen molar-refractivity contribution in [3.8, 4) is 5.75 Å². The van der Waals surface area contributed by atoms with E-state index in [2.05, 4.69) is 4.98 Å². The van der Waals surface area contributed by atoms with Crippen LogP contribution < -0.4 is 4.74 Å². The minimum atomic E-state index is -0.341. The van der Waals surface area contributed by atoms with Crippen LogP contribution in [0.25, 0.3) is 0 Å². The van der Waals surface area contributed by atoms with Crippen molar-refractivity contribution >= 4 is 0 Å². The second-order valence-corrected chi connectivity index (χ2v) is 5.87. The Balaban J connectivity index is 2.46. The first-order valence-corrected chi connectivity index (χ1v) is 6.39. The van der Waals surface area contributed by atoms with E-state index in [1.54, 1.807) is 0 Å². The van der Waals surface area contributed by atoms with Crippen LogP contribution in [0.15, 0.2) is 0 Å². The molecular weight excluding hydrogens is 246 g/mol. The van der Waals surface area contributed by atoms with Gasteiger partial charge < -0.3 is 19.7 Å². The largest absolute Gasteiger partial charge is 0.462 e. The van der Waals surface area contributed by atoms with Crippen LogP contribution in [0.4, 0.5) is 0 Å². The minimum absolute atomic E-state index is 0.140. The Morgan fingerprint density at radius 2 is 1.95 bits per heavy atom. The molecule has 1 aliphatic heterocycles. The topological polar surface area (TPSA) is 71.8 Å². The SMILES string of the molecule is Cc1nc(CO)c(CO)c2c1OC(C(C)(C)C)OC2. The lowest BCUT2D eigenvalue weighted by atomic mass is 9.94. The Kier molecular flexibility index (Phi) is 3.80. The fourth-order valence-electron chi connectivity index (χ4n) is 2.20. The number of fused-ring (bicyclic) bond motifs is 1. The predicted molar refractivity (Wildman–Crippen MR) is 69.5 cm³/mol. The van der Waals surface area contributed by atoms with Crippen LogP contribution in [0.5, 0.6) is 5.75 Å². The number of ether oxygens (including phenoxy) is 2. The molecule has 1 atom stereocenters. The van der Waals surface area contributed by atoms with E-state index in [0.29, 0.717) is 29.3 Å². The monoisotopic (exact) mass is 267 g/mol. The quantitative estimate of drug-likeness (QED) is 0.852. The number of rotatable bonds is 2. The summed E-state index contributed by atoms with van der Waals surface area (Å²) in [6.07, 6.45) is -0.341. The molecular formula is C14H21NO4. The predicted octanol–water partition coefficient (Wildman–Crippen LogP) is 1.66. The Bertz CT molecular complexity index is 479. The third kappa shape index (κ3) is 2.59. The molecule has 19 heavy (non-hydrogen) atoms. The number of pyridine rings is 1. The number of hydrogen-bond acceptors (Lipinski definition) is 5. The molecule has 0 bridgehead atoms. The zero-order chi connectivity index (χ0) is 14.2. The van der Waals surface area contributed by atoms with Gasteiger partial charge in [-0.1, -0.05) is 20.8 Å². The van der Waals surface area contributed by atoms with Crippen molar-refractivity contribution in [3.63, 3.8) is 0 Å². The van der Waals surface area contributed by atoms with E-state index in [0.717, 1.165) is 5.56 Å². The Hall–Kier alpha value is -1.17. The van der Waals surface area contributed by atoms with Crippen molar-refractivity contribution in [3.05, 3.63) is 22.5 Å². The average molecular weight is 267 g/mol. The first-order valence-electron chi connectivity index (χ1n) is 6.39. The fraction of sp³-hybridized carbons (Fsp3) is 0.643. The third-order valence-corrected chi connectivity index (χ3v) is 3.24. The van der Waals surface area contributed by atoms with Gasteiger partial charge in [-0.05, 0) is 6.92 Å². The van der Waals surface area contributed by atoms with Crippen LogP contribution in [-0.2, 0) is 24.6 Å². The second kappa shape index (κ2) is 5.07. The summed E-state index contributed by atoms with van der Waals surface area (Å²) in [5.74, 6) is 0.674. The lowest BCUT2D eigenvalue weighted by Crippen LogP contribution is -2.38. The average Bonchev–Trinajstić information content (AvgIpc) is 2.37. The highest BCUT2D eigenvalue weighted by Crippen LogP contribution is 2.37. The molecule has 1 unspecified atom stereocenters. The van der Waals surface area contributed by atoms with Crippen LogP contribution in [0, 0.1) is 12.3 Å². The van der Waals surface area contributed by atoms with Crippen molar-refractivity contribution < 1.29 is 19.7 Å². The summed E-state index contributed by atoms with van der Waals surface area (Å²) >= 11 is 0. The summed E-state index contributed by atoms with van der Waals surface area (Å²) in [5.41, 5.74) is 2.46. The molecule has 0 aromatic carbocycles. The van der Waals surface area contributed by atoms with E-state index >= 15 is 0 Å². The zero-order valence-corrected chi connectivity index (χ0v) is 11.9. The maximum Gasteiger partial charge on any atom is 0.205 e. The number of hydrogen-bond donors (Lipinski definition) is 2. The molecule has 5 nitrogen and oxygen atoms in total. The highest BCUT2D eigenvalue weighted by atomic mass is 16.7. The normalized spacial score (nSPS) is 18.9. The molecule has 0 amide bonds. The zero-order valence-electron chi connectivity index (χ0n) is 11.9. The molecule has 106 valence electrons. The number of nitrogens with zero attached hydrogens (tertiary/aromatic N) is 1. The van der Waals surface area contributed by atoms with Crippen LogP contribution in [0.1, 0.15) is 43.3 Å². The number of aliphatic hydroxyl groups is 2. The maximum absolute atomic E-state index is 9.46. The Morgan fingerprint density at radius 1 is 1.26 bits per heavy atom. The molecule has 0 saturated carbocycles.